The van der Waals surface area contributed by atoms with E-state index in [2.05, 4.69) is 34.1 Å². The van der Waals surface area contributed by atoms with E-state index < -0.39 is 0 Å². The van der Waals surface area contributed by atoms with Crippen molar-refractivity contribution in [2.45, 2.75) is 64.0 Å². The molecule has 3 fully saturated rings. The average molecular weight is 371 g/mol. The molecule has 4 rings (SSSR count). The molecule has 0 bridgehead atoms. The summed E-state index contributed by atoms with van der Waals surface area (Å²) < 4.78 is 5.26. The number of benzene rings is 1. The molecule has 148 valence electrons. The summed E-state index contributed by atoms with van der Waals surface area (Å²) in [7, 11) is 1.71. The predicted molar refractivity (Wildman–Crippen MR) is 108 cm³/mol. The molecule has 1 saturated carbocycles. The Morgan fingerprint density at radius 2 is 1.70 bits per heavy atom. The number of likely N-dealkylation sites (tertiary alicyclic amines) is 2. The molecule has 0 spiro atoms. The summed E-state index contributed by atoms with van der Waals surface area (Å²) in [5.74, 6) is 2.63. The first-order valence-corrected chi connectivity index (χ1v) is 10.9. The van der Waals surface area contributed by atoms with Gasteiger partial charge in [0.25, 0.3) is 0 Å². The van der Waals surface area contributed by atoms with Crippen LogP contribution in [0.1, 0.15) is 56.9 Å². The zero-order valence-electron chi connectivity index (χ0n) is 16.7. The quantitative estimate of drug-likeness (QED) is 0.800. The summed E-state index contributed by atoms with van der Waals surface area (Å²) in [6.07, 6.45) is 9.56. The third-order valence-corrected chi connectivity index (χ3v) is 7.05. The van der Waals surface area contributed by atoms with E-state index in [-0.39, 0.29) is 0 Å². The minimum Gasteiger partial charge on any atom is -0.497 e. The lowest BCUT2D eigenvalue weighted by atomic mass is 9.82. The number of ether oxygens (including phenoxy) is 1. The van der Waals surface area contributed by atoms with Crippen LogP contribution in [0.15, 0.2) is 24.3 Å². The number of nitrogens with zero attached hydrogens (tertiary/aromatic N) is 2. The lowest BCUT2D eigenvalue weighted by molar-refractivity contribution is -0.134. The molecular formula is C23H34N2O2. The Hall–Kier alpha value is -1.55. The summed E-state index contributed by atoms with van der Waals surface area (Å²) in [5, 5.41) is 0. The highest BCUT2D eigenvalue weighted by molar-refractivity contribution is 5.77. The van der Waals surface area contributed by atoms with Gasteiger partial charge in [-0.3, -0.25) is 9.69 Å². The lowest BCUT2D eigenvalue weighted by Crippen LogP contribution is -2.41. The predicted octanol–water partition coefficient (Wildman–Crippen LogP) is 4.09. The van der Waals surface area contributed by atoms with E-state index in [9.17, 15) is 4.79 Å². The third kappa shape index (κ3) is 4.48. The number of fused-ring (bicyclic) bond motifs is 1. The highest BCUT2D eigenvalue weighted by Crippen LogP contribution is 2.35. The summed E-state index contributed by atoms with van der Waals surface area (Å²) in [5.41, 5.74) is 1.35. The second kappa shape index (κ2) is 8.64. The fraction of sp³-hybridized carbons (Fsp3) is 0.696. The first-order chi connectivity index (χ1) is 13.2. The summed E-state index contributed by atoms with van der Waals surface area (Å²) in [6, 6.07) is 8.98. The molecule has 2 heterocycles. The van der Waals surface area contributed by atoms with Crippen LogP contribution in [0, 0.1) is 11.8 Å². The molecule has 1 aliphatic carbocycles. The van der Waals surface area contributed by atoms with E-state index >= 15 is 0 Å². The Balaban J connectivity index is 1.35. The molecule has 0 N–H and O–H groups in total. The van der Waals surface area contributed by atoms with Crippen LogP contribution in [0.25, 0.3) is 0 Å². The molecule has 3 aliphatic rings. The molecule has 4 heteroatoms. The van der Waals surface area contributed by atoms with Gasteiger partial charge in [-0.15, -0.1) is 0 Å². The Labute approximate surface area is 163 Å². The molecular weight excluding hydrogens is 336 g/mol. The second-order valence-electron chi connectivity index (χ2n) is 8.76. The number of rotatable bonds is 4. The number of carbonyl (C=O) groups is 1. The van der Waals surface area contributed by atoms with E-state index in [1.54, 1.807) is 7.11 Å². The maximum atomic E-state index is 12.9. The van der Waals surface area contributed by atoms with Gasteiger partial charge in [-0.1, -0.05) is 31.4 Å². The third-order valence-electron chi connectivity index (χ3n) is 7.05. The number of carbonyl (C=O) groups excluding carboxylic acids is 1. The number of methoxy groups -OCH3 is 1. The van der Waals surface area contributed by atoms with Gasteiger partial charge in [-0.2, -0.15) is 0 Å². The van der Waals surface area contributed by atoms with Crippen LogP contribution in [-0.2, 0) is 11.3 Å². The molecule has 27 heavy (non-hydrogen) atoms. The standard InChI is InChI=1S/C23H34N2O2/c1-27-22-9-7-18(8-10-22)16-24-13-11-19-15-23(26)25(14-12-20(19)17-24)21-5-3-2-4-6-21/h7-10,19-21H,2-6,11-17H2,1H3. The van der Waals surface area contributed by atoms with Crippen molar-refractivity contribution in [2.75, 3.05) is 26.7 Å². The number of amides is 1. The van der Waals surface area contributed by atoms with Crippen LogP contribution in [0.5, 0.6) is 5.75 Å². The molecule has 4 nitrogen and oxygen atoms in total. The summed E-state index contributed by atoms with van der Waals surface area (Å²) in [6.45, 7) is 4.25. The zero-order chi connectivity index (χ0) is 18.6. The van der Waals surface area contributed by atoms with Gasteiger partial charge in [0.1, 0.15) is 5.75 Å². The van der Waals surface area contributed by atoms with Crippen LogP contribution in [0.4, 0.5) is 0 Å². The number of hydrogen-bond donors (Lipinski definition) is 0. The zero-order valence-corrected chi connectivity index (χ0v) is 16.7. The normalized spacial score (nSPS) is 27.9. The van der Waals surface area contributed by atoms with Crippen molar-refractivity contribution >= 4 is 5.91 Å². The van der Waals surface area contributed by atoms with Crippen molar-refractivity contribution in [3.8, 4) is 5.75 Å². The van der Waals surface area contributed by atoms with E-state index in [0.717, 1.165) is 38.3 Å². The van der Waals surface area contributed by atoms with Gasteiger partial charge in [0.15, 0.2) is 0 Å². The van der Waals surface area contributed by atoms with E-state index in [4.69, 9.17) is 4.74 Å². The van der Waals surface area contributed by atoms with Gasteiger partial charge >= 0.3 is 0 Å². The SMILES string of the molecule is COc1ccc(CN2CCC3CC(=O)N(C4CCCCC4)CCC3C2)cc1. The molecule has 1 amide bonds. The maximum absolute atomic E-state index is 12.9. The number of hydrogen-bond acceptors (Lipinski definition) is 3. The highest BCUT2D eigenvalue weighted by atomic mass is 16.5. The molecule has 1 aromatic rings. The maximum Gasteiger partial charge on any atom is 0.223 e. The van der Waals surface area contributed by atoms with Gasteiger partial charge in [0, 0.05) is 32.1 Å². The van der Waals surface area contributed by atoms with Crippen molar-refractivity contribution in [3.63, 3.8) is 0 Å². The van der Waals surface area contributed by atoms with Crippen LogP contribution >= 0.6 is 0 Å². The first-order valence-electron chi connectivity index (χ1n) is 10.9. The molecule has 2 aliphatic heterocycles. The van der Waals surface area contributed by atoms with Crippen LogP contribution < -0.4 is 4.74 Å². The molecule has 2 saturated heterocycles. The lowest BCUT2D eigenvalue weighted by Gasteiger charge is -2.37. The summed E-state index contributed by atoms with van der Waals surface area (Å²) >= 11 is 0. The van der Waals surface area contributed by atoms with Crippen molar-refractivity contribution in [1.82, 2.24) is 9.80 Å². The van der Waals surface area contributed by atoms with Gasteiger partial charge in [0.2, 0.25) is 5.91 Å². The minimum absolute atomic E-state index is 0.443. The van der Waals surface area contributed by atoms with Gasteiger partial charge in [-0.05, 0) is 61.8 Å². The molecule has 0 aromatic heterocycles. The average Bonchev–Trinajstić information content (AvgIpc) is 2.87. The molecule has 2 unspecified atom stereocenters. The Morgan fingerprint density at radius 3 is 2.44 bits per heavy atom. The first kappa shape index (κ1) is 18.8. The monoisotopic (exact) mass is 370 g/mol. The van der Waals surface area contributed by atoms with Crippen LogP contribution in [0.2, 0.25) is 0 Å². The largest absolute Gasteiger partial charge is 0.497 e. The van der Waals surface area contributed by atoms with Gasteiger partial charge in [-0.25, -0.2) is 0 Å². The summed E-state index contributed by atoms with van der Waals surface area (Å²) in [4.78, 5) is 17.8. The Morgan fingerprint density at radius 1 is 0.963 bits per heavy atom. The fourth-order valence-corrected chi connectivity index (χ4v) is 5.43. The van der Waals surface area contributed by atoms with Crippen molar-refractivity contribution in [1.29, 1.82) is 0 Å². The molecule has 2 atom stereocenters. The smallest absolute Gasteiger partial charge is 0.223 e. The number of piperidine rings is 1. The topological polar surface area (TPSA) is 32.8 Å². The van der Waals surface area contributed by atoms with Crippen molar-refractivity contribution < 1.29 is 9.53 Å². The van der Waals surface area contributed by atoms with Crippen LogP contribution in [-0.4, -0.2) is 48.5 Å². The van der Waals surface area contributed by atoms with E-state index in [1.807, 2.05) is 0 Å². The van der Waals surface area contributed by atoms with E-state index in [0.29, 0.717) is 23.8 Å². The molecule has 1 aromatic carbocycles. The van der Waals surface area contributed by atoms with Crippen LogP contribution in [0.3, 0.4) is 0 Å². The molecule has 0 radical (unpaired) electrons. The Kier molecular flexibility index (Phi) is 6.01. The van der Waals surface area contributed by atoms with Crippen molar-refractivity contribution in [3.05, 3.63) is 29.8 Å². The fourth-order valence-electron chi connectivity index (χ4n) is 5.43. The second-order valence-corrected chi connectivity index (χ2v) is 8.76. The highest BCUT2D eigenvalue weighted by Gasteiger charge is 2.37. The van der Waals surface area contributed by atoms with Gasteiger partial charge < -0.3 is 9.64 Å². The van der Waals surface area contributed by atoms with Gasteiger partial charge in [0.05, 0.1) is 7.11 Å². The minimum atomic E-state index is 0.443. The van der Waals surface area contributed by atoms with E-state index in [1.165, 1.54) is 50.5 Å². The Bertz CT molecular complexity index is 624. The van der Waals surface area contributed by atoms with Crippen molar-refractivity contribution in [2.24, 2.45) is 11.8 Å².